The van der Waals surface area contributed by atoms with Crippen LogP contribution in [0.4, 0.5) is 5.69 Å². The van der Waals surface area contributed by atoms with Crippen LogP contribution in [0.5, 0.6) is 0 Å². The molecule has 0 amide bonds. The van der Waals surface area contributed by atoms with E-state index in [0.717, 1.165) is 23.5 Å². The Hall–Kier alpha value is -7.03. The molecule has 0 spiro atoms. The van der Waals surface area contributed by atoms with Gasteiger partial charge in [0, 0.05) is 11.3 Å². The third kappa shape index (κ3) is 5.36. The van der Waals surface area contributed by atoms with Crippen LogP contribution in [-0.2, 0) is 0 Å². The van der Waals surface area contributed by atoms with E-state index in [2.05, 4.69) is 218 Å². The molecule has 0 radical (unpaired) electrons. The molecule has 57 heavy (non-hydrogen) atoms. The van der Waals surface area contributed by atoms with Crippen molar-refractivity contribution in [1.29, 1.82) is 0 Å². The molecule has 2 aliphatic rings. The number of anilines is 1. The molecule has 0 bridgehead atoms. The average Bonchev–Trinajstić information content (AvgIpc) is 3.64. The fraction of sp³-hybridized carbons (Fsp3) is 0.0727. The van der Waals surface area contributed by atoms with Crippen LogP contribution in [0.15, 0.2) is 211 Å². The number of nitrogens with zero attached hydrogens (tertiary/aromatic N) is 2. The maximum absolute atomic E-state index is 5.38. The maximum Gasteiger partial charge on any atom is 0.136 e. The fourth-order valence-corrected chi connectivity index (χ4v) is 9.51. The van der Waals surface area contributed by atoms with Crippen molar-refractivity contribution < 1.29 is 0 Å². The van der Waals surface area contributed by atoms with Crippen LogP contribution in [-0.4, -0.2) is 17.4 Å². The smallest absolute Gasteiger partial charge is 0.136 e. The molecule has 0 N–H and O–H groups in total. The number of hydrogen-bond acceptors (Lipinski definition) is 2. The second kappa shape index (κ2) is 13.3. The zero-order chi connectivity index (χ0) is 37.9. The van der Waals surface area contributed by atoms with E-state index in [9.17, 15) is 0 Å². The highest BCUT2D eigenvalue weighted by Crippen LogP contribution is 2.46. The first kappa shape index (κ1) is 33.3. The van der Waals surface area contributed by atoms with Crippen molar-refractivity contribution in [2.75, 3.05) is 4.90 Å². The third-order valence-electron chi connectivity index (χ3n) is 12.3. The number of fused-ring (bicyclic) bond motifs is 5. The van der Waals surface area contributed by atoms with E-state index >= 15 is 0 Å². The first-order valence-corrected chi connectivity index (χ1v) is 20.1. The monoisotopic (exact) mass is 728 g/mol. The first-order valence-electron chi connectivity index (χ1n) is 20.1. The van der Waals surface area contributed by atoms with E-state index in [-0.39, 0.29) is 11.6 Å². The first-order chi connectivity index (χ1) is 28.2. The van der Waals surface area contributed by atoms with E-state index in [1.807, 2.05) is 0 Å². The Morgan fingerprint density at radius 3 is 1.63 bits per heavy atom. The fourth-order valence-electron chi connectivity index (χ4n) is 9.51. The largest absolute Gasteiger partial charge is 0.314 e. The third-order valence-corrected chi connectivity index (χ3v) is 12.3. The van der Waals surface area contributed by atoms with E-state index < -0.39 is 0 Å². The second-order valence-electron chi connectivity index (χ2n) is 15.4. The Bertz CT molecular complexity index is 3120. The molecule has 9 aromatic rings. The van der Waals surface area contributed by atoms with Crippen molar-refractivity contribution in [2.24, 2.45) is 4.99 Å². The predicted molar refractivity (Wildman–Crippen MR) is 243 cm³/mol. The summed E-state index contributed by atoms with van der Waals surface area (Å²) in [4.78, 5) is 7.84. The van der Waals surface area contributed by atoms with Crippen LogP contribution in [0, 0.1) is 0 Å². The van der Waals surface area contributed by atoms with E-state index in [0.29, 0.717) is 0 Å². The summed E-state index contributed by atoms with van der Waals surface area (Å²) >= 11 is 0. The molecular weight excluding hydrogens is 689 g/mol. The Labute approximate surface area is 333 Å². The molecule has 2 nitrogen and oxygen atoms in total. The molecule has 2 atom stereocenters. The van der Waals surface area contributed by atoms with Gasteiger partial charge in [0.15, 0.2) is 0 Å². The van der Waals surface area contributed by atoms with Gasteiger partial charge in [0.05, 0.1) is 11.6 Å². The lowest BCUT2D eigenvalue weighted by atomic mass is 9.83. The van der Waals surface area contributed by atoms with E-state index in [1.54, 1.807) is 0 Å². The number of hydrogen-bond donors (Lipinski definition) is 0. The van der Waals surface area contributed by atoms with E-state index in [4.69, 9.17) is 4.99 Å². The number of rotatable bonds is 6. The molecule has 1 aliphatic heterocycles. The molecular formula is C55H40N2. The average molecular weight is 729 g/mol. The summed E-state index contributed by atoms with van der Waals surface area (Å²) in [5, 5.41) is 10.00. The van der Waals surface area contributed by atoms with Crippen LogP contribution in [0.1, 0.15) is 18.9 Å². The van der Waals surface area contributed by atoms with Gasteiger partial charge in [0.25, 0.3) is 0 Å². The van der Waals surface area contributed by atoms with Gasteiger partial charge in [-0.05, 0) is 113 Å². The minimum atomic E-state index is -0.229. The molecule has 0 aromatic heterocycles. The zero-order valence-corrected chi connectivity index (χ0v) is 31.8. The van der Waals surface area contributed by atoms with Gasteiger partial charge in [0.2, 0.25) is 0 Å². The molecule has 1 heterocycles. The highest BCUT2D eigenvalue weighted by atomic mass is 15.3. The summed E-state index contributed by atoms with van der Waals surface area (Å²) in [6.07, 6.45) is 9.85. The molecule has 11 rings (SSSR count). The molecule has 1 aliphatic carbocycles. The molecule has 2 unspecified atom stereocenters. The van der Waals surface area contributed by atoms with Gasteiger partial charge in [0.1, 0.15) is 5.84 Å². The second-order valence-corrected chi connectivity index (χ2v) is 15.4. The number of amidine groups is 1. The van der Waals surface area contributed by atoms with Crippen molar-refractivity contribution in [1.82, 2.24) is 0 Å². The van der Waals surface area contributed by atoms with Crippen molar-refractivity contribution >= 4 is 54.6 Å². The van der Waals surface area contributed by atoms with Crippen LogP contribution < -0.4 is 4.90 Å². The standard InChI is InChI=1S/C55H40N2/c1-2-55-33-13-12-22-51(55)56-54(57(55)46-18-4-3-5-19-46)40-27-23-39(24-28-40)43-31-32-49-50(36-43)53(45-30-26-38-15-7-9-17-42(38)35-45)48-21-11-10-20-47(48)52(49)44-29-25-37-14-6-8-16-41(37)34-44/h3-36,51H,2H2,1H3. The van der Waals surface area contributed by atoms with Gasteiger partial charge in [-0.25, -0.2) is 0 Å². The topological polar surface area (TPSA) is 15.6 Å². The summed E-state index contributed by atoms with van der Waals surface area (Å²) in [6.45, 7) is 2.27. The number of para-hydroxylation sites is 1. The van der Waals surface area contributed by atoms with Gasteiger partial charge in [-0.3, -0.25) is 4.99 Å². The quantitative estimate of drug-likeness (QED) is 0.156. The Morgan fingerprint density at radius 1 is 0.456 bits per heavy atom. The zero-order valence-electron chi connectivity index (χ0n) is 31.8. The van der Waals surface area contributed by atoms with Gasteiger partial charge in [-0.2, -0.15) is 0 Å². The molecule has 0 saturated carbocycles. The predicted octanol–water partition coefficient (Wildman–Crippen LogP) is 14.2. The Morgan fingerprint density at radius 2 is 0.982 bits per heavy atom. The lowest BCUT2D eigenvalue weighted by Crippen LogP contribution is -2.52. The highest BCUT2D eigenvalue weighted by molar-refractivity contribution is 6.22. The summed E-state index contributed by atoms with van der Waals surface area (Å²) in [6, 6.07) is 67.0. The number of allylic oxidation sites excluding steroid dienone is 2. The van der Waals surface area contributed by atoms with Crippen molar-refractivity contribution in [3.8, 4) is 33.4 Å². The van der Waals surface area contributed by atoms with Crippen molar-refractivity contribution in [2.45, 2.75) is 24.9 Å². The maximum atomic E-state index is 5.38. The molecule has 2 heteroatoms. The summed E-state index contributed by atoms with van der Waals surface area (Å²) in [5.74, 6) is 1.01. The molecule has 0 fully saturated rings. The number of aliphatic imine (C=N–C) groups is 1. The minimum Gasteiger partial charge on any atom is -0.314 e. The van der Waals surface area contributed by atoms with Gasteiger partial charge in [-0.15, -0.1) is 0 Å². The van der Waals surface area contributed by atoms with Crippen molar-refractivity contribution in [3.63, 3.8) is 0 Å². The Kier molecular flexibility index (Phi) is 7.79. The van der Waals surface area contributed by atoms with Gasteiger partial charge >= 0.3 is 0 Å². The highest BCUT2D eigenvalue weighted by Gasteiger charge is 2.48. The van der Waals surface area contributed by atoms with Crippen LogP contribution in [0.2, 0.25) is 0 Å². The molecule has 0 saturated heterocycles. The van der Waals surface area contributed by atoms with Crippen molar-refractivity contribution in [3.05, 3.63) is 212 Å². The minimum absolute atomic E-state index is 0.0584. The molecule has 9 aromatic carbocycles. The normalized spacial score (nSPS) is 17.5. The van der Waals surface area contributed by atoms with Crippen LogP contribution in [0.3, 0.4) is 0 Å². The summed E-state index contributed by atoms with van der Waals surface area (Å²) in [7, 11) is 0. The lowest BCUT2D eigenvalue weighted by molar-refractivity contribution is 0.481. The van der Waals surface area contributed by atoms with Crippen LogP contribution in [0.25, 0.3) is 76.5 Å². The van der Waals surface area contributed by atoms with Gasteiger partial charge < -0.3 is 4.90 Å². The molecule has 270 valence electrons. The van der Waals surface area contributed by atoms with Crippen LogP contribution >= 0.6 is 0 Å². The summed E-state index contributed by atoms with van der Waals surface area (Å²) in [5.41, 5.74) is 9.41. The Balaban J connectivity index is 1.09. The SMILES string of the molecule is CCC12C=CC=CC1N=C(c1ccc(-c3ccc4c(-c5ccc6ccccc6c5)c5ccccc5c(-c5ccc6ccccc6c5)c4c3)cc1)N2c1ccccc1. The van der Waals surface area contributed by atoms with E-state index in [1.165, 1.54) is 76.5 Å². The van der Waals surface area contributed by atoms with Gasteiger partial charge in [-0.1, -0.05) is 183 Å². The number of benzene rings is 9. The summed E-state index contributed by atoms with van der Waals surface area (Å²) < 4.78 is 0. The lowest BCUT2D eigenvalue weighted by Gasteiger charge is -2.41.